The van der Waals surface area contributed by atoms with E-state index >= 15 is 0 Å². The highest BCUT2D eigenvalue weighted by atomic mass is 16.5. The lowest BCUT2D eigenvalue weighted by Gasteiger charge is -2.13. The normalized spacial score (nSPS) is 10.7. The van der Waals surface area contributed by atoms with E-state index in [2.05, 4.69) is 25.4 Å². The molecule has 0 fully saturated rings. The number of hydrogen-bond acceptors (Lipinski definition) is 7. The Bertz CT molecular complexity index is 552. The van der Waals surface area contributed by atoms with E-state index in [1.54, 1.807) is 11.0 Å². The molecule has 0 radical (unpaired) electrons. The first-order chi connectivity index (χ1) is 9.06. The lowest BCUT2D eigenvalue weighted by molar-refractivity contribution is 0.234. The van der Waals surface area contributed by atoms with Gasteiger partial charge in [-0.2, -0.15) is 10.1 Å². The van der Waals surface area contributed by atoms with Gasteiger partial charge >= 0.3 is 0 Å². The van der Waals surface area contributed by atoms with Crippen LogP contribution >= 0.6 is 0 Å². The van der Waals surface area contributed by atoms with Crippen molar-refractivity contribution in [2.75, 3.05) is 11.1 Å². The maximum absolute atomic E-state index is 5.94. The predicted molar refractivity (Wildman–Crippen MR) is 70.5 cm³/mol. The van der Waals surface area contributed by atoms with Crippen LogP contribution < -0.4 is 15.8 Å². The van der Waals surface area contributed by atoms with Gasteiger partial charge in [-0.3, -0.25) is 4.68 Å². The second-order valence-corrected chi connectivity index (χ2v) is 4.30. The van der Waals surface area contributed by atoms with Crippen LogP contribution in [0.5, 0.6) is 5.88 Å². The highest BCUT2D eigenvalue weighted by molar-refractivity contribution is 5.66. The van der Waals surface area contributed by atoms with Gasteiger partial charge in [0.2, 0.25) is 5.88 Å². The Morgan fingerprint density at radius 3 is 2.79 bits per heavy atom. The minimum absolute atomic E-state index is 0.00232. The molecular formula is C11H17N7O. The molecule has 0 aliphatic heterocycles. The number of rotatable bonds is 5. The first kappa shape index (κ1) is 13.1. The zero-order valence-corrected chi connectivity index (χ0v) is 11.2. The van der Waals surface area contributed by atoms with Crippen molar-refractivity contribution < 1.29 is 4.74 Å². The number of aromatic nitrogens is 5. The second-order valence-electron chi connectivity index (χ2n) is 4.30. The van der Waals surface area contributed by atoms with Crippen LogP contribution in [-0.2, 0) is 13.6 Å². The van der Waals surface area contributed by atoms with E-state index in [9.17, 15) is 0 Å². The fraction of sp³-hybridized carbons (Fsp3) is 0.455. The molecule has 2 aromatic heterocycles. The van der Waals surface area contributed by atoms with Gasteiger partial charge in [0.15, 0.2) is 11.6 Å². The van der Waals surface area contributed by atoms with Gasteiger partial charge in [-0.25, -0.2) is 9.97 Å². The molecule has 2 aromatic rings. The molecule has 2 heterocycles. The number of nitrogen functional groups attached to an aromatic ring is 1. The Kier molecular flexibility index (Phi) is 3.79. The summed E-state index contributed by atoms with van der Waals surface area (Å²) in [6.45, 7) is 4.25. The third kappa shape index (κ3) is 3.30. The number of aryl methyl sites for hydroxylation is 1. The van der Waals surface area contributed by atoms with Crippen LogP contribution in [0.4, 0.5) is 11.5 Å². The SMILES string of the molecule is CC(C)Oc1ncnc(NCc2ncn(C)n2)c1N. The van der Waals surface area contributed by atoms with Gasteiger partial charge < -0.3 is 15.8 Å². The van der Waals surface area contributed by atoms with Crippen LogP contribution in [0, 0.1) is 0 Å². The number of nitrogens with one attached hydrogen (secondary N) is 1. The van der Waals surface area contributed by atoms with E-state index in [4.69, 9.17) is 10.5 Å². The molecule has 3 N–H and O–H groups in total. The summed E-state index contributed by atoms with van der Waals surface area (Å²) in [7, 11) is 1.81. The van der Waals surface area contributed by atoms with Crippen LogP contribution in [0.25, 0.3) is 0 Å². The fourth-order valence-corrected chi connectivity index (χ4v) is 1.47. The van der Waals surface area contributed by atoms with Gasteiger partial charge in [0.05, 0.1) is 12.6 Å². The average Bonchev–Trinajstić information content (AvgIpc) is 2.76. The summed E-state index contributed by atoms with van der Waals surface area (Å²) in [6, 6.07) is 0. The molecule has 19 heavy (non-hydrogen) atoms. The van der Waals surface area contributed by atoms with E-state index in [0.29, 0.717) is 29.8 Å². The molecule has 8 heteroatoms. The van der Waals surface area contributed by atoms with E-state index < -0.39 is 0 Å². The molecule has 0 aromatic carbocycles. The lowest BCUT2D eigenvalue weighted by Crippen LogP contribution is -2.12. The first-order valence-corrected chi connectivity index (χ1v) is 5.91. The molecule has 102 valence electrons. The smallest absolute Gasteiger partial charge is 0.242 e. The van der Waals surface area contributed by atoms with Crippen LogP contribution in [-0.4, -0.2) is 30.8 Å². The summed E-state index contributed by atoms with van der Waals surface area (Å²) < 4.78 is 7.12. The van der Waals surface area contributed by atoms with E-state index in [1.807, 2.05) is 20.9 Å². The number of nitrogens with zero attached hydrogens (tertiary/aromatic N) is 5. The molecule has 0 aliphatic rings. The number of nitrogens with two attached hydrogens (primary N) is 1. The van der Waals surface area contributed by atoms with Crippen molar-refractivity contribution in [2.24, 2.45) is 7.05 Å². The predicted octanol–water partition coefficient (Wildman–Crippen LogP) is 0.587. The minimum Gasteiger partial charge on any atom is -0.473 e. The van der Waals surface area contributed by atoms with Gasteiger partial charge in [0, 0.05) is 7.05 Å². The molecule has 0 spiro atoms. The number of anilines is 2. The van der Waals surface area contributed by atoms with Gasteiger partial charge in [0.1, 0.15) is 18.3 Å². The largest absolute Gasteiger partial charge is 0.473 e. The van der Waals surface area contributed by atoms with E-state index in [1.165, 1.54) is 6.33 Å². The zero-order chi connectivity index (χ0) is 13.8. The summed E-state index contributed by atoms with van der Waals surface area (Å²) >= 11 is 0. The maximum Gasteiger partial charge on any atom is 0.242 e. The molecule has 8 nitrogen and oxygen atoms in total. The molecule has 0 saturated carbocycles. The Hall–Kier alpha value is -2.38. The third-order valence-corrected chi connectivity index (χ3v) is 2.26. The standard InChI is InChI=1S/C11H17N7O/c1-7(2)19-11-9(12)10(14-5-15-11)13-4-8-16-6-18(3)17-8/h5-7H,4,12H2,1-3H3,(H,13,14,15). The quantitative estimate of drug-likeness (QED) is 0.813. The molecule has 0 atom stereocenters. The van der Waals surface area contributed by atoms with Crippen LogP contribution in [0.2, 0.25) is 0 Å². The van der Waals surface area contributed by atoms with E-state index in [-0.39, 0.29) is 6.10 Å². The lowest BCUT2D eigenvalue weighted by atomic mass is 10.4. The Labute approximate surface area is 111 Å². The topological polar surface area (TPSA) is 104 Å². The third-order valence-electron chi connectivity index (χ3n) is 2.26. The highest BCUT2D eigenvalue weighted by Crippen LogP contribution is 2.25. The van der Waals surface area contributed by atoms with Crippen LogP contribution in [0.15, 0.2) is 12.7 Å². The number of ether oxygens (including phenoxy) is 1. The summed E-state index contributed by atoms with van der Waals surface area (Å²) in [5.41, 5.74) is 6.32. The summed E-state index contributed by atoms with van der Waals surface area (Å²) in [6.07, 6.45) is 3.04. The van der Waals surface area contributed by atoms with Crippen molar-refractivity contribution in [3.8, 4) is 5.88 Å². The summed E-state index contributed by atoms with van der Waals surface area (Å²) in [5, 5.41) is 7.22. The maximum atomic E-state index is 5.94. The molecule has 0 bridgehead atoms. The minimum atomic E-state index is 0.00232. The zero-order valence-electron chi connectivity index (χ0n) is 11.2. The van der Waals surface area contributed by atoms with Crippen LogP contribution in [0.3, 0.4) is 0 Å². The highest BCUT2D eigenvalue weighted by Gasteiger charge is 2.11. The number of hydrogen-bond donors (Lipinski definition) is 2. The van der Waals surface area contributed by atoms with Gasteiger partial charge in [0.25, 0.3) is 0 Å². The average molecular weight is 263 g/mol. The van der Waals surface area contributed by atoms with Crippen molar-refractivity contribution in [1.82, 2.24) is 24.7 Å². The van der Waals surface area contributed by atoms with Gasteiger partial charge in [-0.05, 0) is 13.8 Å². The van der Waals surface area contributed by atoms with E-state index in [0.717, 1.165) is 0 Å². The fourth-order valence-electron chi connectivity index (χ4n) is 1.47. The van der Waals surface area contributed by atoms with Crippen molar-refractivity contribution in [3.63, 3.8) is 0 Å². The molecule has 0 saturated heterocycles. The molecule has 0 aliphatic carbocycles. The van der Waals surface area contributed by atoms with Crippen molar-refractivity contribution >= 4 is 11.5 Å². The monoisotopic (exact) mass is 263 g/mol. The van der Waals surface area contributed by atoms with Gasteiger partial charge in [-0.1, -0.05) is 0 Å². The molecular weight excluding hydrogens is 246 g/mol. The van der Waals surface area contributed by atoms with Crippen molar-refractivity contribution in [3.05, 3.63) is 18.5 Å². The second kappa shape index (κ2) is 5.51. The van der Waals surface area contributed by atoms with Crippen LogP contribution in [0.1, 0.15) is 19.7 Å². The molecule has 2 rings (SSSR count). The Balaban J connectivity index is 2.08. The first-order valence-electron chi connectivity index (χ1n) is 5.91. The summed E-state index contributed by atoms with van der Waals surface area (Å²) in [5.74, 6) is 1.55. The van der Waals surface area contributed by atoms with Crippen molar-refractivity contribution in [1.29, 1.82) is 0 Å². The summed E-state index contributed by atoms with van der Waals surface area (Å²) in [4.78, 5) is 12.2. The molecule has 0 amide bonds. The molecule has 0 unspecified atom stereocenters. The Morgan fingerprint density at radius 2 is 2.16 bits per heavy atom. The van der Waals surface area contributed by atoms with Crippen molar-refractivity contribution in [2.45, 2.75) is 26.5 Å². The Morgan fingerprint density at radius 1 is 1.37 bits per heavy atom. The van der Waals surface area contributed by atoms with Gasteiger partial charge in [-0.15, -0.1) is 0 Å².